The van der Waals surface area contributed by atoms with E-state index in [-0.39, 0.29) is 0 Å². The van der Waals surface area contributed by atoms with Crippen molar-refractivity contribution in [1.29, 1.82) is 0 Å². The Morgan fingerprint density at radius 3 is 2.39 bits per heavy atom. The summed E-state index contributed by atoms with van der Waals surface area (Å²) in [4.78, 5) is 2.57. The Morgan fingerprint density at radius 2 is 1.65 bits per heavy atom. The first-order chi connectivity index (χ1) is 11.3. The second-order valence-electron chi connectivity index (χ2n) is 6.44. The first kappa shape index (κ1) is 16.1. The molecule has 0 atom stereocenters. The predicted molar refractivity (Wildman–Crippen MR) is 97.0 cm³/mol. The average molecular weight is 309 g/mol. The maximum absolute atomic E-state index is 5.87. The van der Waals surface area contributed by atoms with Crippen LogP contribution in [0.3, 0.4) is 0 Å². The summed E-state index contributed by atoms with van der Waals surface area (Å²) in [6, 6.07) is 17.0. The smallest absolute Gasteiger partial charge is 0.119 e. The van der Waals surface area contributed by atoms with Gasteiger partial charge in [0.05, 0.1) is 6.61 Å². The van der Waals surface area contributed by atoms with Crippen molar-refractivity contribution in [2.75, 3.05) is 26.2 Å². The van der Waals surface area contributed by atoms with E-state index in [1.807, 2.05) is 0 Å². The summed E-state index contributed by atoms with van der Waals surface area (Å²) < 4.78 is 5.87. The van der Waals surface area contributed by atoms with Crippen molar-refractivity contribution in [3.05, 3.63) is 54.1 Å². The fourth-order valence-corrected chi connectivity index (χ4v) is 3.26. The van der Waals surface area contributed by atoms with Gasteiger partial charge in [-0.05, 0) is 81.1 Å². The molecular weight excluding hydrogens is 282 g/mol. The number of rotatable bonds is 7. The van der Waals surface area contributed by atoms with E-state index in [0.29, 0.717) is 0 Å². The lowest BCUT2D eigenvalue weighted by atomic mass is 10.0. The molecule has 0 spiro atoms. The molecule has 2 aromatic rings. The molecule has 1 heterocycles. The van der Waals surface area contributed by atoms with Crippen molar-refractivity contribution in [2.45, 2.75) is 32.6 Å². The molecular formula is C21H27NO. The lowest BCUT2D eigenvalue weighted by Gasteiger charge is -2.14. The topological polar surface area (TPSA) is 12.5 Å². The molecule has 0 unspecified atom stereocenters. The van der Waals surface area contributed by atoms with Crippen molar-refractivity contribution < 1.29 is 4.74 Å². The molecule has 3 rings (SSSR count). The van der Waals surface area contributed by atoms with E-state index in [0.717, 1.165) is 18.8 Å². The van der Waals surface area contributed by atoms with Crippen LogP contribution in [0.15, 0.2) is 48.5 Å². The zero-order valence-electron chi connectivity index (χ0n) is 14.1. The van der Waals surface area contributed by atoms with Crippen molar-refractivity contribution in [3.8, 4) is 16.9 Å². The zero-order valence-corrected chi connectivity index (χ0v) is 14.1. The summed E-state index contributed by atoms with van der Waals surface area (Å²) in [5.41, 5.74) is 3.86. The van der Waals surface area contributed by atoms with Gasteiger partial charge in [-0.3, -0.25) is 0 Å². The monoisotopic (exact) mass is 309 g/mol. The van der Waals surface area contributed by atoms with Crippen LogP contribution in [0.5, 0.6) is 5.75 Å². The quantitative estimate of drug-likeness (QED) is 0.673. The lowest BCUT2D eigenvalue weighted by Crippen LogP contribution is -2.20. The van der Waals surface area contributed by atoms with Crippen LogP contribution < -0.4 is 4.74 Å². The SMILES string of the molecule is Cc1ccccc1-c1ccc(OCCCCN2CCCC2)cc1. The van der Waals surface area contributed by atoms with Gasteiger partial charge < -0.3 is 9.64 Å². The minimum atomic E-state index is 0.817. The molecule has 1 fully saturated rings. The van der Waals surface area contributed by atoms with Gasteiger partial charge in [0.25, 0.3) is 0 Å². The summed E-state index contributed by atoms with van der Waals surface area (Å²) in [7, 11) is 0. The van der Waals surface area contributed by atoms with Gasteiger partial charge in [-0.2, -0.15) is 0 Å². The summed E-state index contributed by atoms with van der Waals surface area (Å²) in [5, 5.41) is 0. The molecule has 0 amide bonds. The van der Waals surface area contributed by atoms with Gasteiger partial charge in [0.2, 0.25) is 0 Å². The van der Waals surface area contributed by atoms with Crippen LogP contribution in [-0.2, 0) is 0 Å². The number of unbranched alkanes of at least 4 members (excludes halogenated alkanes) is 1. The number of benzene rings is 2. The molecule has 1 aliphatic heterocycles. The second-order valence-corrected chi connectivity index (χ2v) is 6.44. The molecule has 2 aromatic carbocycles. The molecule has 1 aliphatic rings. The first-order valence-corrected chi connectivity index (χ1v) is 8.84. The summed E-state index contributed by atoms with van der Waals surface area (Å²) in [5.74, 6) is 0.975. The molecule has 1 saturated heterocycles. The van der Waals surface area contributed by atoms with Gasteiger partial charge in [-0.15, -0.1) is 0 Å². The number of ether oxygens (including phenoxy) is 1. The normalized spacial score (nSPS) is 15.0. The third-order valence-electron chi connectivity index (χ3n) is 4.65. The third kappa shape index (κ3) is 4.59. The average Bonchev–Trinajstić information content (AvgIpc) is 3.09. The Labute approximate surface area is 140 Å². The van der Waals surface area contributed by atoms with E-state index in [2.05, 4.69) is 60.4 Å². The molecule has 0 saturated carbocycles. The zero-order chi connectivity index (χ0) is 15.9. The molecule has 23 heavy (non-hydrogen) atoms. The molecule has 0 aromatic heterocycles. The first-order valence-electron chi connectivity index (χ1n) is 8.84. The van der Waals surface area contributed by atoms with E-state index in [1.165, 1.54) is 55.6 Å². The van der Waals surface area contributed by atoms with Crippen LogP contribution in [0.2, 0.25) is 0 Å². The highest BCUT2D eigenvalue weighted by Crippen LogP contribution is 2.25. The summed E-state index contributed by atoms with van der Waals surface area (Å²) in [6.07, 6.45) is 5.13. The van der Waals surface area contributed by atoms with E-state index in [1.54, 1.807) is 0 Å². The Bertz CT molecular complexity index is 599. The van der Waals surface area contributed by atoms with Gasteiger partial charge in [0.15, 0.2) is 0 Å². The number of nitrogens with zero attached hydrogens (tertiary/aromatic N) is 1. The molecule has 122 valence electrons. The van der Waals surface area contributed by atoms with E-state index in [9.17, 15) is 0 Å². The number of hydrogen-bond donors (Lipinski definition) is 0. The van der Waals surface area contributed by atoms with Crippen molar-refractivity contribution in [2.24, 2.45) is 0 Å². The van der Waals surface area contributed by atoms with Gasteiger partial charge in [-0.25, -0.2) is 0 Å². The van der Waals surface area contributed by atoms with Crippen LogP contribution in [0, 0.1) is 6.92 Å². The molecule has 0 aliphatic carbocycles. The fraction of sp³-hybridized carbons (Fsp3) is 0.429. The molecule has 0 N–H and O–H groups in total. The standard InChI is InChI=1S/C21H27NO/c1-18-8-2-3-9-21(18)19-10-12-20(13-11-19)23-17-7-6-16-22-14-4-5-15-22/h2-3,8-13H,4-7,14-17H2,1H3. The van der Waals surface area contributed by atoms with E-state index >= 15 is 0 Å². The van der Waals surface area contributed by atoms with Crippen molar-refractivity contribution in [3.63, 3.8) is 0 Å². The predicted octanol–water partition coefficient (Wildman–Crippen LogP) is 4.92. The Kier molecular flexibility index (Phi) is 5.71. The van der Waals surface area contributed by atoms with Crippen LogP contribution in [0.25, 0.3) is 11.1 Å². The Balaban J connectivity index is 1.43. The highest BCUT2D eigenvalue weighted by atomic mass is 16.5. The Morgan fingerprint density at radius 1 is 0.913 bits per heavy atom. The van der Waals surface area contributed by atoms with Crippen molar-refractivity contribution in [1.82, 2.24) is 4.90 Å². The summed E-state index contributed by atoms with van der Waals surface area (Å²) in [6.45, 7) is 6.79. The highest BCUT2D eigenvalue weighted by molar-refractivity contribution is 5.67. The summed E-state index contributed by atoms with van der Waals surface area (Å²) >= 11 is 0. The second kappa shape index (κ2) is 8.16. The van der Waals surface area contributed by atoms with Gasteiger partial charge >= 0.3 is 0 Å². The van der Waals surface area contributed by atoms with Gasteiger partial charge in [0.1, 0.15) is 5.75 Å². The largest absolute Gasteiger partial charge is 0.494 e. The van der Waals surface area contributed by atoms with Crippen LogP contribution >= 0.6 is 0 Å². The highest BCUT2D eigenvalue weighted by Gasteiger charge is 2.10. The third-order valence-corrected chi connectivity index (χ3v) is 4.65. The number of hydrogen-bond acceptors (Lipinski definition) is 2. The molecule has 2 heteroatoms. The van der Waals surface area contributed by atoms with Crippen LogP contribution in [0.1, 0.15) is 31.2 Å². The lowest BCUT2D eigenvalue weighted by molar-refractivity contribution is 0.280. The van der Waals surface area contributed by atoms with Gasteiger partial charge in [-0.1, -0.05) is 36.4 Å². The minimum Gasteiger partial charge on any atom is -0.494 e. The van der Waals surface area contributed by atoms with Gasteiger partial charge in [0, 0.05) is 0 Å². The molecule has 0 radical (unpaired) electrons. The van der Waals surface area contributed by atoms with Crippen molar-refractivity contribution >= 4 is 0 Å². The number of likely N-dealkylation sites (tertiary alicyclic amines) is 1. The van der Waals surface area contributed by atoms with Crippen LogP contribution in [-0.4, -0.2) is 31.1 Å². The van der Waals surface area contributed by atoms with E-state index in [4.69, 9.17) is 4.74 Å². The maximum atomic E-state index is 5.87. The maximum Gasteiger partial charge on any atom is 0.119 e. The number of aryl methyl sites for hydroxylation is 1. The van der Waals surface area contributed by atoms with E-state index < -0.39 is 0 Å². The fourth-order valence-electron chi connectivity index (χ4n) is 3.26. The molecule has 0 bridgehead atoms. The minimum absolute atomic E-state index is 0.817. The molecule has 2 nitrogen and oxygen atoms in total. The Hall–Kier alpha value is -1.80. The van der Waals surface area contributed by atoms with Crippen LogP contribution in [0.4, 0.5) is 0 Å².